The van der Waals surface area contributed by atoms with Crippen LogP contribution in [0.2, 0.25) is 0 Å². The Balaban J connectivity index is 1.86. The molecule has 0 unspecified atom stereocenters. The van der Waals surface area contributed by atoms with E-state index in [1.54, 1.807) is 0 Å². The van der Waals surface area contributed by atoms with Crippen LogP contribution in [-0.4, -0.2) is 16.3 Å². The van der Waals surface area contributed by atoms with E-state index in [4.69, 9.17) is 5.73 Å². The highest BCUT2D eigenvalue weighted by atomic mass is 15.3. The Labute approximate surface area is 113 Å². The fourth-order valence-electron chi connectivity index (χ4n) is 2.85. The quantitative estimate of drug-likeness (QED) is 0.858. The molecule has 0 spiro atoms. The lowest BCUT2D eigenvalue weighted by Gasteiger charge is -2.19. The zero-order valence-corrected chi connectivity index (χ0v) is 11.6. The molecule has 0 amide bonds. The van der Waals surface area contributed by atoms with Crippen LogP contribution >= 0.6 is 0 Å². The Hall–Kier alpha value is -1.97. The van der Waals surface area contributed by atoms with Crippen molar-refractivity contribution in [2.45, 2.75) is 33.4 Å². The first-order valence-corrected chi connectivity index (χ1v) is 6.84. The molecule has 0 saturated heterocycles. The Morgan fingerprint density at radius 3 is 2.95 bits per heavy atom. The summed E-state index contributed by atoms with van der Waals surface area (Å²) in [4.78, 5) is 2.41. The van der Waals surface area contributed by atoms with Crippen molar-refractivity contribution in [3.05, 3.63) is 41.2 Å². The number of aromatic nitrogens is 2. The number of nitrogens with two attached hydrogens (primary N) is 1. The van der Waals surface area contributed by atoms with Gasteiger partial charge >= 0.3 is 0 Å². The first-order valence-electron chi connectivity index (χ1n) is 6.84. The Morgan fingerprint density at radius 1 is 1.32 bits per heavy atom. The molecule has 4 nitrogen and oxygen atoms in total. The van der Waals surface area contributed by atoms with Gasteiger partial charge in [0, 0.05) is 24.5 Å². The SMILES string of the molecule is CCn1nc(C)cc1CN1CCc2cc(N)ccc21. The molecule has 3 rings (SSSR count). The second kappa shape index (κ2) is 4.61. The highest BCUT2D eigenvalue weighted by Gasteiger charge is 2.20. The minimum Gasteiger partial charge on any atom is -0.399 e. The molecule has 0 radical (unpaired) electrons. The van der Waals surface area contributed by atoms with E-state index >= 15 is 0 Å². The maximum Gasteiger partial charge on any atom is 0.0599 e. The van der Waals surface area contributed by atoms with Crippen molar-refractivity contribution in [2.24, 2.45) is 0 Å². The summed E-state index contributed by atoms with van der Waals surface area (Å²) in [5.74, 6) is 0. The molecular formula is C15H20N4. The third-order valence-electron chi connectivity index (χ3n) is 3.73. The van der Waals surface area contributed by atoms with Gasteiger partial charge in [-0.05, 0) is 50.1 Å². The van der Waals surface area contributed by atoms with Crippen LogP contribution in [0.1, 0.15) is 23.9 Å². The van der Waals surface area contributed by atoms with Crippen molar-refractivity contribution in [3.63, 3.8) is 0 Å². The number of hydrogen-bond donors (Lipinski definition) is 1. The average molecular weight is 256 g/mol. The molecule has 0 bridgehead atoms. The fraction of sp³-hybridized carbons (Fsp3) is 0.400. The predicted octanol–water partition coefficient (Wildman–Crippen LogP) is 2.36. The average Bonchev–Trinajstić information content (AvgIpc) is 2.93. The summed E-state index contributed by atoms with van der Waals surface area (Å²) in [7, 11) is 0. The molecular weight excluding hydrogens is 236 g/mol. The first kappa shape index (κ1) is 12.1. The number of fused-ring (bicyclic) bond motifs is 1. The molecule has 1 aromatic carbocycles. The normalized spacial score (nSPS) is 13.9. The molecule has 0 aliphatic carbocycles. The second-order valence-electron chi connectivity index (χ2n) is 5.15. The lowest BCUT2D eigenvalue weighted by Crippen LogP contribution is -2.21. The summed E-state index contributed by atoms with van der Waals surface area (Å²) >= 11 is 0. The molecule has 0 fully saturated rings. The number of anilines is 2. The van der Waals surface area contributed by atoms with E-state index < -0.39 is 0 Å². The van der Waals surface area contributed by atoms with Gasteiger partial charge in [-0.25, -0.2) is 0 Å². The van der Waals surface area contributed by atoms with E-state index in [0.29, 0.717) is 0 Å². The summed E-state index contributed by atoms with van der Waals surface area (Å²) in [6, 6.07) is 8.40. The smallest absolute Gasteiger partial charge is 0.0599 e. The summed E-state index contributed by atoms with van der Waals surface area (Å²) in [5.41, 5.74) is 11.8. The van der Waals surface area contributed by atoms with Crippen molar-refractivity contribution >= 4 is 11.4 Å². The minimum absolute atomic E-state index is 0.857. The molecule has 1 aliphatic heterocycles. The van der Waals surface area contributed by atoms with Gasteiger partial charge < -0.3 is 10.6 Å². The van der Waals surface area contributed by atoms with Crippen LogP contribution in [0.15, 0.2) is 24.3 Å². The van der Waals surface area contributed by atoms with Crippen molar-refractivity contribution in [1.29, 1.82) is 0 Å². The summed E-state index contributed by atoms with van der Waals surface area (Å²) < 4.78 is 2.09. The molecule has 100 valence electrons. The van der Waals surface area contributed by atoms with Gasteiger partial charge in [0.1, 0.15) is 0 Å². The van der Waals surface area contributed by atoms with Crippen molar-refractivity contribution < 1.29 is 0 Å². The first-order chi connectivity index (χ1) is 9.17. The van der Waals surface area contributed by atoms with Crippen LogP contribution in [0, 0.1) is 6.92 Å². The lowest BCUT2D eigenvalue weighted by molar-refractivity contribution is 0.608. The molecule has 1 aliphatic rings. The summed E-state index contributed by atoms with van der Waals surface area (Å²) in [5, 5.41) is 4.51. The van der Waals surface area contributed by atoms with Gasteiger partial charge in [-0.1, -0.05) is 0 Å². The minimum atomic E-state index is 0.857. The van der Waals surface area contributed by atoms with Gasteiger partial charge in [-0.3, -0.25) is 4.68 Å². The molecule has 2 N–H and O–H groups in total. The van der Waals surface area contributed by atoms with Gasteiger partial charge in [-0.15, -0.1) is 0 Å². The van der Waals surface area contributed by atoms with Gasteiger partial charge in [0.2, 0.25) is 0 Å². The lowest BCUT2D eigenvalue weighted by atomic mass is 10.1. The van der Waals surface area contributed by atoms with Crippen molar-refractivity contribution in [2.75, 3.05) is 17.2 Å². The van der Waals surface area contributed by atoms with Crippen LogP contribution in [0.5, 0.6) is 0 Å². The molecule has 2 aromatic rings. The van der Waals surface area contributed by atoms with E-state index in [1.807, 2.05) is 13.0 Å². The van der Waals surface area contributed by atoms with Crippen LogP contribution < -0.4 is 10.6 Å². The number of aryl methyl sites for hydroxylation is 2. The summed E-state index contributed by atoms with van der Waals surface area (Å²) in [6.07, 6.45) is 1.08. The summed E-state index contributed by atoms with van der Waals surface area (Å²) in [6.45, 7) is 7.09. The standard InChI is InChI=1S/C15H20N4/c1-3-19-14(8-11(2)17-19)10-18-7-6-12-9-13(16)4-5-15(12)18/h4-5,8-9H,3,6-7,10,16H2,1-2H3. The second-order valence-corrected chi connectivity index (χ2v) is 5.15. The molecule has 4 heteroatoms. The van der Waals surface area contributed by atoms with E-state index in [0.717, 1.165) is 37.4 Å². The maximum absolute atomic E-state index is 5.85. The third-order valence-corrected chi connectivity index (χ3v) is 3.73. The van der Waals surface area contributed by atoms with E-state index in [1.165, 1.54) is 16.9 Å². The Morgan fingerprint density at radius 2 is 2.16 bits per heavy atom. The number of hydrogen-bond acceptors (Lipinski definition) is 3. The number of rotatable bonds is 3. The van der Waals surface area contributed by atoms with Gasteiger partial charge in [0.05, 0.1) is 17.9 Å². The molecule has 19 heavy (non-hydrogen) atoms. The molecule has 0 saturated carbocycles. The third kappa shape index (κ3) is 2.18. The Bertz CT molecular complexity index is 600. The molecule has 1 aromatic heterocycles. The largest absolute Gasteiger partial charge is 0.399 e. The van der Waals surface area contributed by atoms with Crippen molar-refractivity contribution in [1.82, 2.24) is 9.78 Å². The monoisotopic (exact) mass is 256 g/mol. The van der Waals surface area contributed by atoms with Crippen LogP contribution in [-0.2, 0) is 19.5 Å². The number of nitrogens with zero attached hydrogens (tertiary/aromatic N) is 3. The number of benzene rings is 1. The Kier molecular flexibility index (Phi) is 2.93. The number of nitrogen functional groups attached to an aromatic ring is 1. The predicted molar refractivity (Wildman–Crippen MR) is 78.2 cm³/mol. The van der Waals surface area contributed by atoms with Crippen LogP contribution in [0.4, 0.5) is 11.4 Å². The van der Waals surface area contributed by atoms with E-state index in [2.05, 4.69) is 39.8 Å². The highest BCUT2D eigenvalue weighted by molar-refractivity contribution is 5.63. The maximum atomic E-state index is 5.85. The van der Waals surface area contributed by atoms with Gasteiger partial charge in [0.25, 0.3) is 0 Å². The van der Waals surface area contributed by atoms with E-state index in [9.17, 15) is 0 Å². The highest BCUT2D eigenvalue weighted by Crippen LogP contribution is 2.30. The zero-order valence-electron chi connectivity index (χ0n) is 11.6. The van der Waals surface area contributed by atoms with Gasteiger partial charge in [-0.2, -0.15) is 5.10 Å². The van der Waals surface area contributed by atoms with Crippen LogP contribution in [0.3, 0.4) is 0 Å². The fourth-order valence-corrected chi connectivity index (χ4v) is 2.85. The van der Waals surface area contributed by atoms with Gasteiger partial charge in [0.15, 0.2) is 0 Å². The molecule has 0 atom stereocenters. The van der Waals surface area contributed by atoms with E-state index in [-0.39, 0.29) is 0 Å². The van der Waals surface area contributed by atoms with Crippen LogP contribution in [0.25, 0.3) is 0 Å². The topological polar surface area (TPSA) is 47.1 Å². The van der Waals surface area contributed by atoms with Crippen molar-refractivity contribution in [3.8, 4) is 0 Å². The molecule has 2 heterocycles. The zero-order chi connectivity index (χ0) is 13.4.